The van der Waals surface area contributed by atoms with Crippen LogP contribution in [-0.2, 0) is 19.1 Å². The molecule has 3 rings (SSSR count). The molecule has 0 radical (unpaired) electrons. The molecule has 0 aromatic rings. The number of ether oxygens (including phenoxy) is 1. The first-order valence-electron chi connectivity index (χ1n) is 13.8. The first kappa shape index (κ1) is 29.5. The van der Waals surface area contributed by atoms with Gasteiger partial charge >= 0.3 is 0 Å². The molecule has 7 nitrogen and oxygen atoms in total. The van der Waals surface area contributed by atoms with Crippen molar-refractivity contribution in [2.45, 2.75) is 78.7 Å². The molecule has 37 heavy (non-hydrogen) atoms. The van der Waals surface area contributed by atoms with Crippen molar-refractivity contribution in [3.8, 4) is 0 Å². The van der Waals surface area contributed by atoms with E-state index in [1.807, 2.05) is 39.0 Å². The third kappa shape index (κ3) is 5.99. The van der Waals surface area contributed by atoms with Gasteiger partial charge in [0.1, 0.15) is 0 Å². The monoisotopic (exact) mass is 515 g/mol. The Labute approximate surface area is 221 Å². The minimum atomic E-state index is -1.39. The number of nitrogens with one attached hydrogen (secondary N) is 1. The average molecular weight is 516 g/mol. The van der Waals surface area contributed by atoms with Crippen LogP contribution in [0.25, 0.3) is 0 Å². The van der Waals surface area contributed by atoms with Crippen molar-refractivity contribution in [2.75, 3.05) is 7.11 Å². The van der Waals surface area contributed by atoms with E-state index in [-0.39, 0.29) is 35.4 Å². The smallest absolute Gasteiger partial charge is 0.240 e. The maximum atomic E-state index is 14.2. The molecule has 1 saturated heterocycles. The fraction of sp³-hybridized carbons (Fsp3) is 0.700. The van der Waals surface area contributed by atoms with Crippen LogP contribution >= 0.6 is 0 Å². The van der Waals surface area contributed by atoms with Gasteiger partial charge in [0, 0.05) is 18.4 Å². The van der Waals surface area contributed by atoms with Crippen LogP contribution in [0.15, 0.2) is 36.5 Å². The summed E-state index contributed by atoms with van der Waals surface area (Å²) in [6.45, 7) is 10.2. The Morgan fingerprint density at radius 2 is 1.86 bits per heavy atom. The second kappa shape index (κ2) is 12.2. The van der Waals surface area contributed by atoms with Gasteiger partial charge in [-0.05, 0) is 55.3 Å². The number of carbonyl (C=O) groups is 3. The van der Waals surface area contributed by atoms with Gasteiger partial charge < -0.3 is 20.3 Å². The van der Waals surface area contributed by atoms with Gasteiger partial charge in [-0.3, -0.25) is 14.4 Å². The van der Waals surface area contributed by atoms with Crippen LogP contribution in [0.2, 0.25) is 0 Å². The fourth-order valence-corrected chi connectivity index (χ4v) is 7.11. The maximum absolute atomic E-state index is 14.2. The van der Waals surface area contributed by atoms with Crippen molar-refractivity contribution < 1.29 is 29.3 Å². The van der Waals surface area contributed by atoms with Crippen LogP contribution < -0.4 is 5.32 Å². The molecule has 0 aromatic heterocycles. The normalized spacial score (nSPS) is 38.5. The Bertz CT molecular complexity index is 940. The van der Waals surface area contributed by atoms with E-state index in [9.17, 15) is 24.6 Å². The average Bonchev–Trinajstić information content (AvgIpc) is 3.14. The van der Waals surface area contributed by atoms with Crippen molar-refractivity contribution in [1.82, 2.24) is 5.32 Å². The Balaban J connectivity index is 1.88. The molecule has 1 amide bonds. The summed E-state index contributed by atoms with van der Waals surface area (Å²) in [5.74, 6) is -2.29. The molecule has 0 bridgehead atoms. The van der Waals surface area contributed by atoms with E-state index >= 15 is 0 Å². The summed E-state index contributed by atoms with van der Waals surface area (Å²) in [5, 5.41) is 23.3. The summed E-state index contributed by atoms with van der Waals surface area (Å²) >= 11 is 0. The molecule has 1 heterocycles. The molecule has 1 aliphatic heterocycles. The molecule has 1 saturated carbocycles. The van der Waals surface area contributed by atoms with Gasteiger partial charge in [0.2, 0.25) is 11.7 Å². The van der Waals surface area contributed by atoms with E-state index in [0.717, 1.165) is 12.8 Å². The minimum Gasteiger partial charge on any atom is -0.393 e. The predicted octanol–water partition coefficient (Wildman–Crippen LogP) is 3.60. The highest BCUT2D eigenvalue weighted by Crippen LogP contribution is 2.56. The molecule has 3 aliphatic rings. The molecule has 0 spiro atoms. The summed E-state index contributed by atoms with van der Waals surface area (Å²) in [5.41, 5.74) is -0.982. The topological polar surface area (TPSA) is 113 Å². The molecule has 2 fully saturated rings. The number of hydrogen-bond acceptors (Lipinski definition) is 6. The van der Waals surface area contributed by atoms with Crippen LogP contribution in [-0.4, -0.2) is 53.2 Å². The summed E-state index contributed by atoms with van der Waals surface area (Å²) in [6, 6.07) is 0. The lowest BCUT2D eigenvalue weighted by atomic mass is 9.49. The molecule has 3 N–H and O–H groups in total. The Hall–Kier alpha value is -2.09. The maximum Gasteiger partial charge on any atom is 0.240 e. The molecule has 7 heteroatoms. The lowest BCUT2D eigenvalue weighted by Crippen LogP contribution is -2.55. The standard InChI is InChI=1S/C30H45NO6/c1-7-23(33)18(3)10-8-9-11-22(32)16-21-13-12-20-15-17(2)14-19(4)25(20)30(21,5)27(35)24-26(34)29(37-6)31-28(24)36/h8-13,17-25,29,32-33H,7,14-16H2,1-6H3,(H,31,36)/b10-8+,11-9+. The van der Waals surface area contributed by atoms with Crippen LogP contribution in [0.4, 0.5) is 0 Å². The van der Waals surface area contributed by atoms with Gasteiger partial charge in [0.25, 0.3) is 0 Å². The van der Waals surface area contributed by atoms with Gasteiger partial charge in [-0.2, -0.15) is 0 Å². The Morgan fingerprint density at radius 1 is 1.19 bits per heavy atom. The number of methoxy groups -OCH3 is 1. The predicted molar refractivity (Wildman–Crippen MR) is 142 cm³/mol. The SMILES string of the molecule is CCC(O)C(C)/C=C/C=C/C(O)CC1C=CC2CC(C)CC(C)C2C1(C)C(=O)C1C(=O)NC(OC)C1=O. The minimum absolute atomic E-state index is 0.00659. The number of amides is 1. The van der Waals surface area contributed by atoms with E-state index in [4.69, 9.17) is 4.74 Å². The molecule has 206 valence electrons. The van der Waals surface area contributed by atoms with E-state index in [1.165, 1.54) is 7.11 Å². The van der Waals surface area contributed by atoms with Gasteiger partial charge in [0.05, 0.1) is 12.2 Å². The van der Waals surface area contributed by atoms with Crippen molar-refractivity contribution >= 4 is 17.5 Å². The Kier molecular flexibility index (Phi) is 9.70. The number of carbonyl (C=O) groups excluding carboxylic acids is 3. The number of aliphatic hydroxyl groups excluding tert-OH is 2. The number of fused-ring (bicyclic) bond motifs is 1. The molecule has 11 atom stereocenters. The summed E-state index contributed by atoms with van der Waals surface area (Å²) < 4.78 is 5.10. The first-order chi connectivity index (χ1) is 17.4. The number of allylic oxidation sites excluding steroid dienone is 4. The zero-order valence-corrected chi connectivity index (χ0v) is 23.1. The van der Waals surface area contributed by atoms with E-state index in [1.54, 1.807) is 12.2 Å². The van der Waals surface area contributed by atoms with Crippen molar-refractivity contribution in [3.63, 3.8) is 0 Å². The van der Waals surface area contributed by atoms with Crippen molar-refractivity contribution in [2.24, 2.45) is 46.8 Å². The van der Waals surface area contributed by atoms with Gasteiger partial charge in [-0.1, -0.05) is 71.1 Å². The second-order valence-electron chi connectivity index (χ2n) is 11.7. The highest BCUT2D eigenvalue weighted by Gasteiger charge is 2.59. The largest absolute Gasteiger partial charge is 0.393 e. The number of hydrogen-bond donors (Lipinski definition) is 3. The van der Waals surface area contributed by atoms with E-state index in [0.29, 0.717) is 18.8 Å². The molecular formula is C30H45NO6. The summed E-state index contributed by atoms with van der Waals surface area (Å²) in [6.07, 6.45) is 12.0. The van der Waals surface area contributed by atoms with E-state index < -0.39 is 41.5 Å². The zero-order chi connectivity index (χ0) is 27.5. The zero-order valence-electron chi connectivity index (χ0n) is 23.1. The quantitative estimate of drug-likeness (QED) is 0.233. The summed E-state index contributed by atoms with van der Waals surface area (Å²) in [4.78, 5) is 39.9. The third-order valence-corrected chi connectivity index (χ3v) is 9.06. The van der Waals surface area contributed by atoms with Crippen molar-refractivity contribution in [3.05, 3.63) is 36.5 Å². The third-order valence-electron chi connectivity index (χ3n) is 9.06. The lowest BCUT2D eigenvalue weighted by Gasteiger charge is -2.53. The first-order valence-corrected chi connectivity index (χ1v) is 13.8. The fourth-order valence-electron chi connectivity index (χ4n) is 7.11. The number of rotatable bonds is 10. The molecule has 2 aliphatic carbocycles. The van der Waals surface area contributed by atoms with Crippen LogP contribution in [0.3, 0.4) is 0 Å². The number of aliphatic hydroxyl groups is 2. The van der Waals surface area contributed by atoms with Gasteiger partial charge in [-0.15, -0.1) is 0 Å². The van der Waals surface area contributed by atoms with Gasteiger partial charge in [-0.25, -0.2) is 0 Å². The lowest BCUT2D eigenvalue weighted by molar-refractivity contribution is -0.151. The second-order valence-corrected chi connectivity index (χ2v) is 11.7. The molecule has 0 aromatic carbocycles. The van der Waals surface area contributed by atoms with E-state index in [2.05, 4.69) is 25.2 Å². The van der Waals surface area contributed by atoms with Crippen molar-refractivity contribution in [1.29, 1.82) is 0 Å². The number of ketones is 2. The highest BCUT2D eigenvalue weighted by molar-refractivity contribution is 6.25. The molecule has 11 unspecified atom stereocenters. The summed E-state index contributed by atoms with van der Waals surface area (Å²) in [7, 11) is 1.34. The number of Topliss-reactive ketones (excluding diaryl/α,β-unsaturated/α-hetero) is 2. The van der Waals surface area contributed by atoms with Crippen LogP contribution in [0, 0.1) is 46.8 Å². The molecular weight excluding hydrogens is 470 g/mol. The Morgan fingerprint density at radius 3 is 2.49 bits per heavy atom. The van der Waals surface area contributed by atoms with Gasteiger partial charge in [0.15, 0.2) is 17.9 Å². The van der Waals surface area contributed by atoms with Crippen LogP contribution in [0.1, 0.15) is 60.3 Å². The van der Waals surface area contributed by atoms with Crippen LogP contribution in [0.5, 0.6) is 0 Å². The highest BCUT2D eigenvalue weighted by atomic mass is 16.5.